The number of hydrogen-bond acceptors (Lipinski definition) is 4. The van der Waals surface area contributed by atoms with Crippen LogP contribution >= 0.6 is 47.0 Å². The average Bonchev–Trinajstić information content (AvgIpc) is 3.30. The molecular formula is C20H28S4. The summed E-state index contributed by atoms with van der Waals surface area (Å²) in [6, 6.07) is 0. The van der Waals surface area contributed by atoms with E-state index in [1.165, 1.54) is 12.8 Å². The molecule has 0 radical (unpaired) electrons. The first-order valence-electron chi connectivity index (χ1n) is 9.95. The molecule has 2 aliphatic heterocycles. The van der Waals surface area contributed by atoms with Crippen LogP contribution in [0.1, 0.15) is 40.5 Å². The molecule has 2 saturated heterocycles. The molecule has 0 unspecified atom stereocenters. The minimum absolute atomic E-state index is 0.949. The molecule has 6 aliphatic rings. The molecule has 0 aromatic carbocycles. The zero-order chi connectivity index (χ0) is 16.3. The number of rotatable bonds is 0. The summed E-state index contributed by atoms with van der Waals surface area (Å²) in [5.74, 6) is 7.92. The molecule has 132 valence electrons. The summed E-state index contributed by atoms with van der Waals surface area (Å²) in [7, 11) is 0. The summed E-state index contributed by atoms with van der Waals surface area (Å²) in [5, 5.41) is 3.80. The summed E-state index contributed by atoms with van der Waals surface area (Å²) in [6.45, 7) is 10.1. The molecule has 2 heterocycles. The highest BCUT2D eigenvalue weighted by Crippen LogP contribution is 2.72. The highest BCUT2D eigenvalue weighted by atomic mass is 32.2. The van der Waals surface area contributed by atoms with Gasteiger partial charge in [0.1, 0.15) is 0 Å². The van der Waals surface area contributed by atoms with E-state index in [0.29, 0.717) is 0 Å². The van der Waals surface area contributed by atoms with Gasteiger partial charge in [0, 0.05) is 21.0 Å². The number of hydrogen-bond donors (Lipinski definition) is 0. The SMILES string of the molecule is C[C@@H]1[C@H](C)[C@H]2C[C@H]1[C@@H]1SC(=C3S[C@@H]4[C@H]5C[C@@H]([C@@H](C)[C@@H]5C)[C@H]4S3)S[C@H]21. The Labute approximate surface area is 163 Å². The van der Waals surface area contributed by atoms with Gasteiger partial charge in [-0.1, -0.05) is 27.7 Å². The lowest BCUT2D eigenvalue weighted by Gasteiger charge is -2.32. The van der Waals surface area contributed by atoms with Crippen LogP contribution in [0.15, 0.2) is 8.47 Å². The van der Waals surface area contributed by atoms with Crippen LogP contribution in [-0.2, 0) is 0 Å². The highest BCUT2D eigenvalue weighted by molar-refractivity contribution is 8.31. The number of thioether (sulfide) groups is 4. The smallest absolute Gasteiger partial charge is 0.0609 e. The maximum Gasteiger partial charge on any atom is 0.0609 e. The molecule has 0 nitrogen and oxygen atoms in total. The van der Waals surface area contributed by atoms with Gasteiger partial charge in [-0.05, 0) is 60.2 Å². The first-order chi connectivity index (χ1) is 11.5. The molecule has 4 bridgehead atoms. The van der Waals surface area contributed by atoms with Crippen LogP contribution in [0.5, 0.6) is 0 Å². The molecule has 6 rings (SSSR count). The number of fused-ring (bicyclic) bond motifs is 10. The van der Waals surface area contributed by atoms with Crippen molar-refractivity contribution < 1.29 is 0 Å². The average molecular weight is 397 g/mol. The molecule has 4 saturated carbocycles. The Morgan fingerprint density at radius 2 is 0.750 bits per heavy atom. The predicted octanol–water partition coefficient (Wildman–Crippen LogP) is 6.39. The maximum atomic E-state index is 2.53. The molecule has 6 fully saturated rings. The maximum absolute atomic E-state index is 2.53. The van der Waals surface area contributed by atoms with Gasteiger partial charge in [-0.15, -0.1) is 47.0 Å². The summed E-state index contributed by atoms with van der Waals surface area (Å²) in [4.78, 5) is 0. The van der Waals surface area contributed by atoms with E-state index in [9.17, 15) is 0 Å². The molecule has 0 aromatic heterocycles. The van der Waals surface area contributed by atoms with Gasteiger partial charge < -0.3 is 0 Å². The lowest BCUT2D eigenvalue weighted by Crippen LogP contribution is -2.33. The normalized spacial score (nSPS) is 63.5. The van der Waals surface area contributed by atoms with Gasteiger partial charge in [0.2, 0.25) is 0 Å². The molecule has 0 N–H and O–H groups in total. The third kappa shape index (κ3) is 1.91. The highest BCUT2D eigenvalue weighted by Gasteiger charge is 2.61. The molecular weight excluding hydrogens is 368 g/mol. The molecule has 0 amide bonds. The van der Waals surface area contributed by atoms with Crippen LogP contribution in [0.2, 0.25) is 0 Å². The predicted molar refractivity (Wildman–Crippen MR) is 112 cm³/mol. The molecule has 0 aromatic rings. The zero-order valence-electron chi connectivity index (χ0n) is 15.0. The topological polar surface area (TPSA) is 0 Å². The van der Waals surface area contributed by atoms with E-state index in [1.54, 1.807) is 8.47 Å². The van der Waals surface area contributed by atoms with Crippen LogP contribution in [0.25, 0.3) is 0 Å². The van der Waals surface area contributed by atoms with Crippen molar-refractivity contribution in [3.8, 4) is 0 Å². The standard InChI is InChI=1S/C20H28S4/c1-7-8(2)12-5-11(7)15-16(12)22-19(21-15)20-23-17-13-6-14(18(17)24-20)10(4)9(13)3/h7-18H,5-6H2,1-4H3/t7-,8-,9-,10+,11-,12-,13+,14+,15+,16+,17+,18-/m0/s1. The van der Waals surface area contributed by atoms with Gasteiger partial charge >= 0.3 is 0 Å². The van der Waals surface area contributed by atoms with E-state index in [1.807, 2.05) is 0 Å². The van der Waals surface area contributed by atoms with Crippen molar-refractivity contribution in [3.63, 3.8) is 0 Å². The van der Waals surface area contributed by atoms with Crippen molar-refractivity contribution in [2.45, 2.75) is 61.5 Å². The Kier molecular flexibility index (Phi) is 3.60. The van der Waals surface area contributed by atoms with Crippen LogP contribution in [0.4, 0.5) is 0 Å². The van der Waals surface area contributed by atoms with E-state index < -0.39 is 0 Å². The van der Waals surface area contributed by atoms with Crippen molar-refractivity contribution in [2.24, 2.45) is 47.3 Å². The summed E-state index contributed by atoms with van der Waals surface area (Å²) < 4.78 is 3.51. The Hall–Kier alpha value is 1.14. The summed E-state index contributed by atoms with van der Waals surface area (Å²) in [5.41, 5.74) is 0. The van der Waals surface area contributed by atoms with Gasteiger partial charge in [-0.25, -0.2) is 0 Å². The summed E-state index contributed by atoms with van der Waals surface area (Å²) in [6.07, 6.45) is 3.07. The fourth-order valence-electron chi connectivity index (χ4n) is 7.11. The second-order valence-corrected chi connectivity index (χ2v) is 14.7. The van der Waals surface area contributed by atoms with Crippen LogP contribution < -0.4 is 0 Å². The van der Waals surface area contributed by atoms with Gasteiger partial charge in [0.05, 0.1) is 8.47 Å². The van der Waals surface area contributed by atoms with Gasteiger partial charge in [-0.2, -0.15) is 0 Å². The van der Waals surface area contributed by atoms with E-state index in [2.05, 4.69) is 74.7 Å². The molecule has 12 atom stereocenters. The first kappa shape index (κ1) is 16.1. The van der Waals surface area contributed by atoms with Crippen LogP contribution in [-0.4, -0.2) is 21.0 Å². The van der Waals surface area contributed by atoms with Crippen molar-refractivity contribution in [1.82, 2.24) is 0 Å². The van der Waals surface area contributed by atoms with Gasteiger partial charge in [0.15, 0.2) is 0 Å². The third-order valence-electron chi connectivity index (χ3n) is 8.92. The van der Waals surface area contributed by atoms with Gasteiger partial charge in [0.25, 0.3) is 0 Å². The zero-order valence-corrected chi connectivity index (χ0v) is 18.2. The van der Waals surface area contributed by atoms with Gasteiger partial charge in [-0.3, -0.25) is 0 Å². The second-order valence-electron chi connectivity index (χ2n) is 9.47. The monoisotopic (exact) mass is 396 g/mol. The van der Waals surface area contributed by atoms with E-state index >= 15 is 0 Å². The Balaban J connectivity index is 1.26. The molecule has 24 heavy (non-hydrogen) atoms. The van der Waals surface area contributed by atoms with Crippen LogP contribution in [0, 0.1) is 47.3 Å². The Morgan fingerprint density at radius 1 is 0.500 bits per heavy atom. The minimum Gasteiger partial charge on any atom is -0.113 e. The largest absolute Gasteiger partial charge is 0.113 e. The summed E-state index contributed by atoms with van der Waals surface area (Å²) >= 11 is 9.25. The fraction of sp³-hybridized carbons (Fsp3) is 0.900. The molecule has 4 heteroatoms. The lowest BCUT2D eigenvalue weighted by molar-refractivity contribution is 0.274. The Bertz CT molecular complexity index is 515. The van der Waals surface area contributed by atoms with Crippen LogP contribution in [0.3, 0.4) is 0 Å². The van der Waals surface area contributed by atoms with E-state index in [4.69, 9.17) is 0 Å². The Morgan fingerprint density at radius 3 is 1.00 bits per heavy atom. The van der Waals surface area contributed by atoms with Crippen molar-refractivity contribution >= 4 is 47.0 Å². The third-order valence-corrected chi connectivity index (χ3v) is 16.3. The van der Waals surface area contributed by atoms with E-state index in [-0.39, 0.29) is 0 Å². The quantitative estimate of drug-likeness (QED) is 0.465. The minimum atomic E-state index is 0.949. The molecule has 4 aliphatic carbocycles. The van der Waals surface area contributed by atoms with Crippen molar-refractivity contribution in [2.75, 3.05) is 0 Å². The van der Waals surface area contributed by atoms with Crippen molar-refractivity contribution in [1.29, 1.82) is 0 Å². The van der Waals surface area contributed by atoms with E-state index in [0.717, 1.165) is 68.3 Å². The first-order valence-corrected chi connectivity index (χ1v) is 13.5. The molecule has 0 spiro atoms. The fourth-order valence-corrected chi connectivity index (χ4v) is 15.6. The lowest BCUT2D eigenvalue weighted by atomic mass is 9.81. The van der Waals surface area contributed by atoms with Crippen molar-refractivity contribution in [3.05, 3.63) is 8.47 Å². The second kappa shape index (κ2) is 5.35.